The second-order valence-electron chi connectivity index (χ2n) is 11.5. The number of hydrogen-bond acceptors (Lipinski definition) is 5. The number of amides is 3. The summed E-state index contributed by atoms with van der Waals surface area (Å²) in [6.45, 7) is 5.23. The fourth-order valence-electron chi connectivity index (χ4n) is 6.03. The zero-order chi connectivity index (χ0) is 31.5. The lowest BCUT2D eigenvalue weighted by Crippen LogP contribution is -2.42. The van der Waals surface area contributed by atoms with E-state index in [0.717, 1.165) is 55.1 Å². The molecule has 9 nitrogen and oxygen atoms in total. The highest BCUT2D eigenvalue weighted by atomic mass is 16.5. The Bertz CT molecular complexity index is 1440. The van der Waals surface area contributed by atoms with Crippen LogP contribution in [0.1, 0.15) is 81.3 Å². The smallest absolute Gasteiger partial charge is 0.305 e. The molecule has 0 atom stereocenters. The molecule has 1 heterocycles. The molecule has 1 fully saturated rings. The summed E-state index contributed by atoms with van der Waals surface area (Å²) in [7, 11) is 1.39. The molecule has 3 amide bonds. The van der Waals surface area contributed by atoms with Crippen LogP contribution in [0.5, 0.6) is 0 Å². The first-order chi connectivity index (χ1) is 21.3. The lowest BCUT2D eigenvalue weighted by Gasteiger charge is -2.28. The highest BCUT2D eigenvalue weighted by Crippen LogP contribution is 2.26. The van der Waals surface area contributed by atoms with Crippen LogP contribution >= 0.6 is 0 Å². The van der Waals surface area contributed by atoms with Crippen molar-refractivity contribution in [2.75, 3.05) is 25.1 Å². The molecule has 1 aliphatic carbocycles. The number of aryl methyl sites for hydroxylation is 1. The van der Waals surface area contributed by atoms with Gasteiger partial charge in [0.25, 0.3) is 5.91 Å². The van der Waals surface area contributed by atoms with Crippen LogP contribution in [0.2, 0.25) is 0 Å². The van der Waals surface area contributed by atoms with Gasteiger partial charge >= 0.3 is 5.97 Å². The van der Waals surface area contributed by atoms with Gasteiger partial charge in [0.15, 0.2) is 0 Å². The number of rotatable bonds is 14. The van der Waals surface area contributed by atoms with E-state index in [1.165, 1.54) is 12.7 Å². The molecule has 0 aliphatic heterocycles. The van der Waals surface area contributed by atoms with Gasteiger partial charge in [0.2, 0.25) is 11.8 Å². The van der Waals surface area contributed by atoms with Gasteiger partial charge in [0.05, 0.1) is 7.11 Å². The predicted octanol–water partition coefficient (Wildman–Crippen LogP) is 5.40. The Labute approximate surface area is 260 Å². The summed E-state index contributed by atoms with van der Waals surface area (Å²) in [4.78, 5) is 52.9. The molecule has 0 bridgehead atoms. The number of anilines is 1. The summed E-state index contributed by atoms with van der Waals surface area (Å²) >= 11 is 0. The molecule has 1 aromatic heterocycles. The Kier molecular flexibility index (Phi) is 12.0. The van der Waals surface area contributed by atoms with Gasteiger partial charge in [0.1, 0.15) is 12.2 Å². The van der Waals surface area contributed by atoms with E-state index >= 15 is 0 Å². The molecule has 1 aliphatic rings. The summed E-state index contributed by atoms with van der Waals surface area (Å²) in [5, 5.41) is 7.12. The zero-order valence-electron chi connectivity index (χ0n) is 26.3. The van der Waals surface area contributed by atoms with E-state index in [2.05, 4.69) is 28.4 Å². The van der Waals surface area contributed by atoms with Crippen molar-refractivity contribution in [2.45, 2.75) is 84.2 Å². The first kappa shape index (κ1) is 32.8. The quantitative estimate of drug-likeness (QED) is 0.190. The van der Waals surface area contributed by atoms with E-state index in [0.29, 0.717) is 38.0 Å². The molecule has 0 saturated heterocycles. The molecule has 4 rings (SSSR count). The van der Waals surface area contributed by atoms with E-state index in [1.54, 1.807) is 4.90 Å². The largest absolute Gasteiger partial charge is 0.469 e. The minimum Gasteiger partial charge on any atom is -0.469 e. The Hall–Kier alpha value is -4.14. The average molecular weight is 603 g/mol. The Morgan fingerprint density at radius 2 is 1.70 bits per heavy atom. The van der Waals surface area contributed by atoms with Crippen LogP contribution < -0.4 is 15.5 Å². The maximum absolute atomic E-state index is 13.6. The van der Waals surface area contributed by atoms with Crippen molar-refractivity contribution in [1.29, 1.82) is 0 Å². The van der Waals surface area contributed by atoms with Gasteiger partial charge in [0, 0.05) is 48.1 Å². The minimum atomic E-state index is -0.204. The third-order valence-corrected chi connectivity index (χ3v) is 8.60. The van der Waals surface area contributed by atoms with Gasteiger partial charge < -0.3 is 24.8 Å². The molecule has 2 aromatic carbocycles. The van der Waals surface area contributed by atoms with Crippen LogP contribution in [-0.4, -0.2) is 54.5 Å². The summed E-state index contributed by atoms with van der Waals surface area (Å²) < 4.78 is 6.47. The predicted molar refractivity (Wildman–Crippen MR) is 172 cm³/mol. The topological polar surface area (TPSA) is 110 Å². The number of carbonyl (C=O) groups is 4. The van der Waals surface area contributed by atoms with Gasteiger partial charge in [-0.3, -0.25) is 19.2 Å². The van der Waals surface area contributed by atoms with Crippen molar-refractivity contribution >= 4 is 40.3 Å². The first-order valence-corrected chi connectivity index (χ1v) is 16.0. The normalized spacial score (nSPS) is 16.3. The van der Waals surface area contributed by atoms with Gasteiger partial charge in [-0.15, -0.1) is 0 Å². The number of benzene rings is 2. The number of esters is 1. The van der Waals surface area contributed by atoms with Crippen molar-refractivity contribution in [2.24, 2.45) is 5.92 Å². The summed E-state index contributed by atoms with van der Waals surface area (Å²) in [6.07, 6.45) is 6.60. The fraction of sp³-hybridized carbons (Fsp3) is 0.486. The van der Waals surface area contributed by atoms with Gasteiger partial charge in [-0.1, -0.05) is 43.7 Å². The molecule has 3 aromatic rings. The third-order valence-electron chi connectivity index (χ3n) is 8.60. The van der Waals surface area contributed by atoms with Crippen LogP contribution in [0.4, 0.5) is 5.69 Å². The van der Waals surface area contributed by atoms with Crippen molar-refractivity contribution in [3.63, 3.8) is 0 Å². The standard InChI is InChI=1S/C35H46N4O5/c1-4-25-12-11-14-29(22-25)38(5-2)32(40)24-39-30-15-9-8-13-27(30)23-31(39)35(43)37-28-19-17-26(18-20-28)34(42)36-21-10-6-7-16-33(41)44-3/h8-9,11-15,22-23,26,28H,4-7,10,16-21,24H2,1-3H3,(H,36,42)(H,37,43)/t26-,28-. The van der Waals surface area contributed by atoms with Crippen molar-refractivity contribution in [1.82, 2.24) is 15.2 Å². The molecule has 0 spiro atoms. The van der Waals surface area contributed by atoms with Crippen LogP contribution in [0.25, 0.3) is 10.9 Å². The maximum Gasteiger partial charge on any atom is 0.305 e. The second kappa shape index (κ2) is 16.1. The molecule has 0 unspecified atom stereocenters. The third kappa shape index (κ3) is 8.49. The molecule has 9 heteroatoms. The van der Waals surface area contributed by atoms with E-state index in [9.17, 15) is 19.2 Å². The van der Waals surface area contributed by atoms with Gasteiger partial charge in [-0.25, -0.2) is 0 Å². The Morgan fingerprint density at radius 3 is 2.43 bits per heavy atom. The molecule has 0 radical (unpaired) electrons. The number of ether oxygens (including phenoxy) is 1. The highest BCUT2D eigenvalue weighted by molar-refractivity contribution is 6.01. The molecule has 44 heavy (non-hydrogen) atoms. The van der Waals surface area contributed by atoms with Crippen LogP contribution in [-0.2, 0) is 32.1 Å². The number of nitrogens with zero attached hydrogens (tertiary/aromatic N) is 2. The van der Waals surface area contributed by atoms with Crippen LogP contribution in [0.15, 0.2) is 54.6 Å². The zero-order valence-corrected chi connectivity index (χ0v) is 26.3. The van der Waals surface area contributed by atoms with E-state index < -0.39 is 0 Å². The molecular formula is C35H46N4O5. The molecule has 2 N–H and O–H groups in total. The highest BCUT2D eigenvalue weighted by Gasteiger charge is 2.28. The summed E-state index contributed by atoms with van der Waals surface area (Å²) in [6, 6.07) is 17.6. The first-order valence-electron chi connectivity index (χ1n) is 16.0. The van der Waals surface area contributed by atoms with Crippen LogP contribution in [0, 0.1) is 5.92 Å². The number of nitrogens with one attached hydrogen (secondary N) is 2. The number of carbonyl (C=O) groups excluding carboxylic acids is 4. The molecule has 1 saturated carbocycles. The van der Waals surface area contributed by atoms with Crippen molar-refractivity contribution in [3.8, 4) is 0 Å². The molecular weight excluding hydrogens is 556 g/mol. The van der Waals surface area contributed by atoms with Crippen molar-refractivity contribution in [3.05, 3.63) is 65.9 Å². The Morgan fingerprint density at radius 1 is 0.932 bits per heavy atom. The number of hydrogen-bond donors (Lipinski definition) is 2. The number of methoxy groups -OCH3 is 1. The lowest BCUT2D eigenvalue weighted by atomic mass is 9.85. The summed E-state index contributed by atoms with van der Waals surface area (Å²) in [5.74, 6) is -0.486. The number of unbranched alkanes of at least 4 members (excludes halogenated alkanes) is 2. The van der Waals surface area contributed by atoms with Crippen molar-refractivity contribution < 1.29 is 23.9 Å². The molecule has 236 valence electrons. The van der Waals surface area contributed by atoms with Gasteiger partial charge in [-0.2, -0.15) is 0 Å². The van der Waals surface area contributed by atoms with Crippen LogP contribution in [0.3, 0.4) is 0 Å². The number of aromatic nitrogens is 1. The number of likely N-dealkylation sites (N-methyl/N-ethyl adjacent to an activating group) is 1. The SMILES string of the molecule is CCc1cccc(N(CC)C(=O)Cn2c(C(=O)N[C@H]3CC[C@H](C(=O)NCCCCCC(=O)OC)CC3)cc3ccccc32)c1. The second-order valence-corrected chi connectivity index (χ2v) is 11.5. The van der Waals surface area contributed by atoms with E-state index in [-0.39, 0.29) is 42.2 Å². The minimum absolute atomic E-state index is 0.0315. The summed E-state index contributed by atoms with van der Waals surface area (Å²) in [5.41, 5.74) is 3.33. The van der Waals surface area contributed by atoms with Gasteiger partial charge in [-0.05, 0) is 81.7 Å². The van der Waals surface area contributed by atoms with E-state index in [1.807, 2.05) is 60.0 Å². The Balaban J connectivity index is 1.34. The fourth-order valence-corrected chi connectivity index (χ4v) is 6.03. The van der Waals surface area contributed by atoms with E-state index in [4.69, 9.17) is 0 Å². The number of fused-ring (bicyclic) bond motifs is 1. The average Bonchev–Trinajstić information content (AvgIpc) is 3.41. The lowest BCUT2D eigenvalue weighted by molar-refractivity contribution is -0.140. The number of para-hydroxylation sites is 1. The monoisotopic (exact) mass is 602 g/mol. The maximum atomic E-state index is 13.6.